The standard InChI is InChI=1S/C15H29NO4/c1-14(2,3)20-13(18)16-10-15(4,11-17)8-7-12-6-5-9-19-12/h12,17H,5-11H2,1-4H3,(H,16,18). The Morgan fingerprint density at radius 3 is 2.60 bits per heavy atom. The van der Waals surface area contributed by atoms with Crippen molar-refractivity contribution in [3.05, 3.63) is 0 Å². The molecular formula is C15H29NO4. The monoisotopic (exact) mass is 287 g/mol. The SMILES string of the molecule is CC(CO)(CCC1CCCO1)CNC(=O)OC(C)(C)C. The van der Waals surface area contributed by atoms with Gasteiger partial charge in [0, 0.05) is 18.6 Å². The highest BCUT2D eigenvalue weighted by Crippen LogP contribution is 2.26. The van der Waals surface area contributed by atoms with Crippen LogP contribution >= 0.6 is 0 Å². The van der Waals surface area contributed by atoms with E-state index in [2.05, 4.69) is 5.32 Å². The summed E-state index contributed by atoms with van der Waals surface area (Å²) in [7, 11) is 0. The van der Waals surface area contributed by atoms with Crippen molar-refractivity contribution >= 4 is 6.09 Å². The highest BCUT2D eigenvalue weighted by molar-refractivity contribution is 5.67. The quantitative estimate of drug-likeness (QED) is 0.787. The minimum Gasteiger partial charge on any atom is -0.444 e. The molecule has 20 heavy (non-hydrogen) atoms. The average Bonchev–Trinajstić information content (AvgIpc) is 2.85. The maximum Gasteiger partial charge on any atom is 0.407 e. The number of carbonyl (C=O) groups excluding carboxylic acids is 1. The largest absolute Gasteiger partial charge is 0.444 e. The number of nitrogens with one attached hydrogen (secondary N) is 1. The first-order chi connectivity index (χ1) is 9.24. The summed E-state index contributed by atoms with van der Waals surface area (Å²) in [6.07, 6.45) is 3.84. The van der Waals surface area contributed by atoms with Crippen LogP contribution in [-0.4, -0.2) is 42.7 Å². The molecule has 2 atom stereocenters. The highest BCUT2D eigenvalue weighted by Gasteiger charge is 2.27. The van der Waals surface area contributed by atoms with Crippen LogP contribution in [0.3, 0.4) is 0 Å². The lowest BCUT2D eigenvalue weighted by molar-refractivity contribution is 0.0440. The molecule has 0 bridgehead atoms. The van der Waals surface area contributed by atoms with Crippen LogP contribution in [0.4, 0.5) is 4.79 Å². The van der Waals surface area contributed by atoms with E-state index in [1.54, 1.807) is 0 Å². The number of ether oxygens (including phenoxy) is 2. The Bertz CT molecular complexity index is 307. The molecule has 5 heteroatoms. The van der Waals surface area contributed by atoms with E-state index in [0.29, 0.717) is 12.6 Å². The third kappa shape index (κ3) is 6.57. The molecule has 118 valence electrons. The third-order valence-corrected chi connectivity index (χ3v) is 3.53. The van der Waals surface area contributed by atoms with Crippen LogP contribution in [0.1, 0.15) is 53.4 Å². The van der Waals surface area contributed by atoms with Crippen LogP contribution in [-0.2, 0) is 9.47 Å². The average molecular weight is 287 g/mol. The van der Waals surface area contributed by atoms with Gasteiger partial charge in [0.2, 0.25) is 0 Å². The topological polar surface area (TPSA) is 67.8 Å². The van der Waals surface area contributed by atoms with Gasteiger partial charge in [0.15, 0.2) is 0 Å². The van der Waals surface area contributed by atoms with Crippen molar-refractivity contribution in [2.75, 3.05) is 19.8 Å². The number of alkyl carbamates (subject to hydrolysis) is 1. The summed E-state index contributed by atoms with van der Waals surface area (Å²) in [5.74, 6) is 0. The van der Waals surface area contributed by atoms with Crippen molar-refractivity contribution in [3.63, 3.8) is 0 Å². The third-order valence-electron chi connectivity index (χ3n) is 3.53. The molecule has 0 spiro atoms. The molecule has 0 aliphatic carbocycles. The van der Waals surface area contributed by atoms with Crippen LogP contribution in [0.25, 0.3) is 0 Å². The fourth-order valence-electron chi connectivity index (χ4n) is 2.20. The molecule has 1 aliphatic heterocycles. The van der Waals surface area contributed by atoms with E-state index < -0.39 is 11.7 Å². The highest BCUT2D eigenvalue weighted by atomic mass is 16.6. The molecule has 0 aromatic carbocycles. The van der Waals surface area contributed by atoms with Crippen molar-refractivity contribution < 1.29 is 19.4 Å². The van der Waals surface area contributed by atoms with Crippen molar-refractivity contribution in [1.29, 1.82) is 0 Å². The van der Waals surface area contributed by atoms with Crippen molar-refractivity contribution in [3.8, 4) is 0 Å². The van der Waals surface area contributed by atoms with Crippen molar-refractivity contribution in [2.24, 2.45) is 5.41 Å². The maximum absolute atomic E-state index is 11.6. The Balaban J connectivity index is 2.33. The normalized spacial score (nSPS) is 22.4. The van der Waals surface area contributed by atoms with Crippen LogP contribution in [0.2, 0.25) is 0 Å². The molecule has 5 nitrogen and oxygen atoms in total. The van der Waals surface area contributed by atoms with E-state index in [9.17, 15) is 9.90 Å². The van der Waals surface area contributed by atoms with E-state index in [1.165, 1.54) is 0 Å². The van der Waals surface area contributed by atoms with E-state index >= 15 is 0 Å². The molecule has 1 heterocycles. The van der Waals surface area contributed by atoms with Gasteiger partial charge < -0.3 is 19.9 Å². The Kier molecular flexibility index (Phi) is 6.27. The van der Waals surface area contributed by atoms with Gasteiger partial charge in [-0.15, -0.1) is 0 Å². The van der Waals surface area contributed by atoms with Crippen LogP contribution in [0.5, 0.6) is 0 Å². The Hall–Kier alpha value is -0.810. The fraction of sp³-hybridized carbons (Fsp3) is 0.933. The second-order valence-corrected chi connectivity index (χ2v) is 7.00. The summed E-state index contributed by atoms with van der Waals surface area (Å²) in [4.78, 5) is 11.6. The van der Waals surface area contributed by atoms with E-state index in [0.717, 1.165) is 32.3 Å². The van der Waals surface area contributed by atoms with Gasteiger partial charge in [0.25, 0.3) is 0 Å². The summed E-state index contributed by atoms with van der Waals surface area (Å²) in [5, 5.41) is 12.3. The lowest BCUT2D eigenvalue weighted by Gasteiger charge is -2.29. The maximum atomic E-state index is 11.6. The number of amides is 1. The summed E-state index contributed by atoms with van der Waals surface area (Å²) in [6, 6.07) is 0. The van der Waals surface area contributed by atoms with Crippen LogP contribution in [0.15, 0.2) is 0 Å². The molecule has 2 unspecified atom stereocenters. The number of hydrogen-bond acceptors (Lipinski definition) is 4. The summed E-state index contributed by atoms with van der Waals surface area (Å²) >= 11 is 0. The van der Waals surface area contributed by atoms with E-state index in [4.69, 9.17) is 9.47 Å². The molecule has 2 N–H and O–H groups in total. The van der Waals surface area contributed by atoms with Crippen LogP contribution < -0.4 is 5.32 Å². The first-order valence-electron chi connectivity index (χ1n) is 7.43. The number of aliphatic hydroxyl groups excluding tert-OH is 1. The zero-order valence-corrected chi connectivity index (χ0v) is 13.2. The molecule has 1 saturated heterocycles. The predicted octanol–water partition coefficient (Wildman–Crippen LogP) is 2.47. The van der Waals surface area contributed by atoms with Gasteiger partial charge in [-0.2, -0.15) is 0 Å². The van der Waals surface area contributed by atoms with Crippen LogP contribution in [0, 0.1) is 5.41 Å². The van der Waals surface area contributed by atoms with Crippen molar-refractivity contribution in [1.82, 2.24) is 5.32 Å². The lowest BCUT2D eigenvalue weighted by Crippen LogP contribution is -2.41. The number of carbonyl (C=O) groups is 1. The molecule has 0 radical (unpaired) electrons. The van der Waals surface area contributed by atoms with E-state index in [-0.39, 0.29) is 12.0 Å². The smallest absolute Gasteiger partial charge is 0.407 e. The predicted molar refractivity (Wildman–Crippen MR) is 77.6 cm³/mol. The summed E-state index contributed by atoms with van der Waals surface area (Å²) < 4.78 is 10.8. The first-order valence-corrected chi connectivity index (χ1v) is 7.43. The fourth-order valence-corrected chi connectivity index (χ4v) is 2.20. The minimum absolute atomic E-state index is 0.0372. The molecule has 0 aromatic rings. The number of rotatable bonds is 6. The zero-order valence-electron chi connectivity index (χ0n) is 13.2. The van der Waals surface area contributed by atoms with Gasteiger partial charge in [-0.05, 0) is 46.5 Å². The van der Waals surface area contributed by atoms with Gasteiger partial charge in [-0.1, -0.05) is 6.92 Å². The van der Waals surface area contributed by atoms with Gasteiger partial charge >= 0.3 is 6.09 Å². The second-order valence-electron chi connectivity index (χ2n) is 7.00. The Morgan fingerprint density at radius 2 is 2.10 bits per heavy atom. The Labute approximate surface area is 122 Å². The minimum atomic E-state index is -0.503. The van der Waals surface area contributed by atoms with Gasteiger partial charge in [0.1, 0.15) is 5.60 Å². The van der Waals surface area contributed by atoms with Gasteiger partial charge in [-0.25, -0.2) is 4.79 Å². The number of aliphatic hydroxyl groups is 1. The molecule has 1 amide bonds. The second kappa shape index (κ2) is 7.27. The molecule has 1 aliphatic rings. The Morgan fingerprint density at radius 1 is 1.40 bits per heavy atom. The molecule has 0 aromatic heterocycles. The summed E-state index contributed by atoms with van der Waals surface area (Å²) in [6.45, 7) is 8.75. The van der Waals surface area contributed by atoms with Gasteiger partial charge in [-0.3, -0.25) is 0 Å². The number of hydrogen-bond donors (Lipinski definition) is 2. The van der Waals surface area contributed by atoms with Gasteiger partial charge in [0.05, 0.1) is 12.7 Å². The molecular weight excluding hydrogens is 258 g/mol. The molecule has 1 rings (SSSR count). The zero-order chi connectivity index (χ0) is 15.2. The van der Waals surface area contributed by atoms with E-state index in [1.807, 2.05) is 27.7 Å². The van der Waals surface area contributed by atoms with Crippen molar-refractivity contribution in [2.45, 2.75) is 65.1 Å². The molecule has 0 saturated carbocycles. The first kappa shape index (κ1) is 17.2. The summed E-state index contributed by atoms with van der Waals surface area (Å²) in [5.41, 5.74) is -0.833. The molecule has 1 fully saturated rings. The lowest BCUT2D eigenvalue weighted by atomic mass is 9.85.